The maximum atomic E-state index is 12.4. The molecule has 102 valence electrons. The maximum Gasteiger partial charge on any atom is 0.227 e. The first-order chi connectivity index (χ1) is 8.65. The number of carbonyl (C=O) groups excluding carboxylic acids is 2. The summed E-state index contributed by atoms with van der Waals surface area (Å²) < 4.78 is 0. The quantitative estimate of drug-likeness (QED) is 0.619. The van der Waals surface area contributed by atoms with E-state index in [9.17, 15) is 9.59 Å². The van der Waals surface area contributed by atoms with Gasteiger partial charge in [0.1, 0.15) is 0 Å². The topological polar surface area (TPSA) is 70.2 Å². The number of carbonyl (C=O) groups is 2. The van der Waals surface area contributed by atoms with Crippen LogP contribution < -0.4 is 16.0 Å². The van der Waals surface area contributed by atoms with Gasteiger partial charge in [0.05, 0.1) is 5.41 Å². The van der Waals surface area contributed by atoms with Crippen LogP contribution >= 0.6 is 0 Å². The van der Waals surface area contributed by atoms with Crippen LogP contribution in [0.4, 0.5) is 0 Å². The van der Waals surface area contributed by atoms with E-state index in [4.69, 9.17) is 0 Å². The number of nitrogens with one attached hydrogen (secondary N) is 3. The van der Waals surface area contributed by atoms with E-state index in [1.165, 1.54) is 13.3 Å². The van der Waals surface area contributed by atoms with Crippen LogP contribution in [0.15, 0.2) is 0 Å². The van der Waals surface area contributed by atoms with Gasteiger partial charge in [0, 0.05) is 26.6 Å². The van der Waals surface area contributed by atoms with Crippen LogP contribution in [0.25, 0.3) is 0 Å². The normalized spacial score (nSPS) is 30.6. The highest BCUT2D eigenvalue weighted by Crippen LogP contribution is 2.43. The van der Waals surface area contributed by atoms with Crippen LogP contribution in [0, 0.1) is 11.3 Å². The standard InChI is InChI=1S/C13H23N3O2/c1-10(17)15-6-7-16-12(18)13-5-3-2-4-11(13)8-14-9-13/h11,14H,2-9H2,1H3,(H,15,17)(H,16,18)/t11-,13+/m0/s1. The lowest BCUT2D eigenvalue weighted by Gasteiger charge is -2.37. The van der Waals surface area contributed by atoms with Crippen molar-refractivity contribution in [3.63, 3.8) is 0 Å². The molecule has 1 saturated heterocycles. The summed E-state index contributed by atoms with van der Waals surface area (Å²) in [6.07, 6.45) is 4.55. The monoisotopic (exact) mass is 253 g/mol. The Morgan fingerprint density at radius 2 is 2.06 bits per heavy atom. The van der Waals surface area contributed by atoms with Gasteiger partial charge in [-0.1, -0.05) is 12.8 Å². The number of hydrogen-bond acceptors (Lipinski definition) is 3. The highest BCUT2D eigenvalue weighted by Gasteiger charge is 2.49. The van der Waals surface area contributed by atoms with Crippen LogP contribution in [0.1, 0.15) is 32.6 Å². The zero-order valence-electron chi connectivity index (χ0n) is 11.1. The molecule has 2 atom stereocenters. The molecule has 0 spiro atoms. The molecule has 3 N–H and O–H groups in total. The summed E-state index contributed by atoms with van der Waals surface area (Å²) in [4.78, 5) is 23.1. The Morgan fingerprint density at radius 3 is 2.83 bits per heavy atom. The van der Waals surface area contributed by atoms with E-state index in [-0.39, 0.29) is 17.2 Å². The van der Waals surface area contributed by atoms with Gasteiger partial charge in [-0.2, -0.15) is 0 Å². The molecule has 0 aromatic heterocycles. The van der Waals surface area contributed by atoms with Crippen LogP contribution in [-0.4, -0.2) is 38.0 Å². The average Bonchev–Trinajstić information content (AvgIpc) is 2.79. The smallest absolute Gasteiger partial charge is 0.227 e. The predicted molar refractivity (Wildman–Crippen MR) is 69.0 cm³/mol. The molecule has 0 aromatic rings. The molecular formula is C13H23N3O2. The fraction of sp³-hybridized carbons (Fsp3) is 0.846. The molecule has 0 aromatic carbocycles. The lowest BCUT2D eigenvalue weighted by molar-refractivity contribution is -0.134. The van der Waals surface area contributed by atoms with Gasteiger partial charge in [-0.3, -0.25) is 9.59 Å². The van der Waals surface area contributed by atoms with E-state index in [0.717, 1.165) is 32.4 Å². The molecule has 2 fully saturated rings. The minimum absolute atomic E-state index is 0.0551. The minimum atomic E-state index is -0.186. The van der Waals surface area contributed by atoms with Gasteiger partial charge in [0.15, 0.2) is 0 Å². The first-order valence-corrected chi connectivity index (χ1v) is 6.88. The molecule has 0 radical (unpaired) electrons. The van der Waals surface area contributed by atoms with Crippen LogP contribution in [0.5, 0.6) is 0 Å². The fourth-order valence-electron chi connectivity index (χ4n) is 3.28. The predicted octanol–water partition coefficient (Wildman–Crippen LogP) is 0.0185. The maximum absolute atomic E-state index is 12.4. The van der Waals surface area contributed by atoms with Crippen molar-refractivity contribution in [1.82, 2.24) is 16.0 Å². The van der Waals surface area contributed by atoms with Gasteiger partial charge in [0.25, 0.3) is 0 Å². The van der Waals surface area contributed by atoms with E-state index >= 15 is 0 Å². The summed E-state index contributed by atoms with van der Waals surface area (Å²) >= 11 is 0. The molecule has 2 rings (SSSR count). The highest BCUT2D eigenvalue weighted by molar-refractivity contribution is 5.84. The van der Waals surface area contributed by atoms with Crippen molar-refractivity contribution in [2.45, 2.75) is 32.6 Å². The molecule has 1 heterocycles. The SMILES string of the molecule is CC(=O)NCCNC(=O)[C@@]12CCCC[C@H]1CNC2. The molecule has 18 heavy (non-hydrogen) atoms. The van der Waals surface area contributed by atoms with Gasteiger partial charge in [-0.15, -0.1) is 0 Å². The Labute approximate surface area is 108 Å². The minimum Gasteiger partial charge on any atom is -0.355 e. The summed E-state index contributed by atoms with van der Waals surface area (Å²) in [6, 6.07) is 0. The highest BCUT2D eigenvalue weighted by atomic mass is 16.2. The Balaban J connectivity index is 1.85. The summed E-state index contributed by atoms with van der Waals surface area (Å²) in [5.74, 6) is 0.607. The van der Waals surface area contributed by atoms with E-state index in [1.807, 2.05) is 0 Å². The van der Waals surface area contributed by atoms with E-state index in [0.29, 0.717) is 19.0 Å². The fourth-order valence-corrected chi connectivity index (χ4v) is 3.28. The van der Waals surface area contributed by atoms with Gasteiger partial charge < -0.3 is 16.0 Å². The number of hydrogen-bond donors (Lipinski definition) is 3. The molecule has 5 nitrogen and oxygen atoms in total. The van der Waals surface area contributed by atoms with Gasteiger partial charge in [-0.25, -0.2) is 0 Å². The van der Waals surface area contributed by atoms with Gasteiger partial charge in [-0.05, 0) is 25.3 Å². The first kappa shape index (κ1) is 13.3. The number of fused-ring (bicyclic) bond motifs is 1. The Morgan fingerprint density at radius 1 is 1.28 bits per heavy atom. The molecule has 1 aliphatic carbocycles. The molecule has 2 aliphatic rings. The Kier molecular flexibility index (Phi) is 4.22. The third-order valence-electron chi connectivity index (χ3n) is 4.27. The van der Waals surface area contributed by atoms with Crippen LogP contribution in [0.3, 0.4) is 0 Å². The second kappa shape index (κ2) is 5.69. The third-order valence-corrected chi connectivity index (χ3v) is 4.27. The summed E-state index contributed by atoms with van der Waals surface area (Å²) in [7, 11) is 0. The van der Waals surface area contributed by atoms with E-state index in [2.05, 4.69) is 16.0 Å². The summed E-state index contributed by atoms with van der Waals surface area (Å²) in [6.45, 7) is 4.30. The zero-order valence-corrected chi connectivity index (χ0v) is 11.1. The molecule has 1 saturated carbocycles. The van der Waals surface area contributed by atoms with E-state index in [1.54, 1.807) is 0 Å². The van der Waals surface area contributed by atoms with Crippen molar-refractivity contribution in [3.8, 4) is 0 Å². The Bertz CT molecular complexity index is 332. The van der Waals surface area contributed by atoms with Crippen LogP contribution in [-0.2, 0) is 9.59 Å². The lowest BCUT2D eigenvalue weighted by Crippen LogP contribution is -2.49. The lowest BCUT2D eigenvalue weighted by atomic mass is 9.67. The molecule has 0 bridgehead atoms. The molecule has 0 unspecified atom stereocenters. The second-order valence-corrected chi connectivity index (χ2v) is 5.47. The average molecular weight is 253 g/mol. The van der Waals surface area contributed by atoms with Crippen molar-refractivity contribution in [1.29, 1.82) is 0 Å². The van der Waals surface area contributed by atoms with Crippen molar-refractivity contribution in [2.75, 3.05) is 26.2 Å². The molecule has 2 amide bonds. The zero-order chi connectivity index (χ0) is 13.0. The number of rotatable bonds is 4. The summed E-state index contributed by atoms with van der Waals surface area (Å²) in [5, 5.41) is 9.03. The molecule has 5 heteroatoms. The van der Waals surface area contributed by atoms with E-state index < -0.39 is 0 Å². The molecule has 1 aliphatic heterocycles. The second-order valence-electron chi connectivity index (χ2n) is 5.47. The van der Waals surface area contributed by atoms with Crippen molar-refractivity contribution in [2.24, 2.45) is 11.3 Å². The van der Waals surface area contributed by atoms with Gasteiger partial charge >= 0.3 is 0 Å². The third kappa shape index (κ3) is 2.66. The summed E-state index contributed by atoms with van der Waals surface area (Å²) in [5.41, 5.74) is -0.186. The van der Waals surface area contributed by atoms with Crippen molar-refractivity contribution in [3.05, 3.63) is 0 Å². The number of amides is 2. The molecular weight excluding hydrogens is 230 g/mol. The van der Waals surface area contributed by atoms with Crippen molar-refractivity contribution >= 4 is 11.8 Å². The largest absolute Gasteiger partial charge is 0.355 e. The van der Waals surface area contributed by atoms with Gasteiger partial charge in [0.2, 0.25) is 11.8 Å². The first-order valence-electron chi connectivity index (χ1n) is 6.88. The van der Waals surface area contributed by atoms with Crippen LogP contribution in [0.2, 0.25) is 0 Å². The van der Waals surface area contributed by atoms with Crippen molar-refractivity contribution < 1.29 is 9.59 Å². The Hall–Kier alpha value is -1.10.